The van der Waals surface area contributed by atoms with E-state index in [4.69, 9.17) is 16.3 Å². The van der Waals surface area contributed by atoms with E-state index in [0.29, 0.717) is 28.3 Å². The van der Waals surface area contributed by atoms with Gasteiger partial charge in [0.1, 0.15) is 23.4 Å². The molecule has 3 unspecified atom stereocenters. The first kappa shape index (κ1) is 32.0. The monoisotopic (exact) mass is 559 g/mol. The number of anilines is 1. The van der Waals surface area contributed by atoms with Crippen molar-refractivity contribution in [1.29, 1.82) is 0 Å². The number of amides is 3. The molecule has 3 N–H and O–H groups in total. The average molecular weight is 560 g/mol. The molecule has 2 rings (SSSR count). The van der Waals surface area contributed by atoms with Crippen LogP contribution in [0.15, 0.2) is 36.4 Å². The molecule has 3 atom stereocenters. The van der Waals surface area contributed by atoms with Crippen LogP contribution in [0.5, 0.6) is 5.75 Å². The van der Waals surface area contributed by atoms with Crippen LogP contribution >= 0.6 is 11.6 Å². The predicted molar refractivity (Wildman–Crippen MR) is 155 cm³/mol. The Hall–Kier alpha value is -3.26. The van der Waals surface area contributed by atoms with Gasteiger partial charge in [0, 0.05) is 6.04 Å². The van der Waals surface area contributed by atoms with Crippen molar-refractivity contribution >= 4 is 35.2 Å². The van der Waals surface area contributed by atoms with E-state index >= 15 is 0 Å². The van der Waals surface area contributed by atoms with Crippen molar-refractivity contribution in [2.75, 3.05) is 5.32 Å². The summed E-state index contributed by atoms with van der Waals surface area (Å²) in [6.45, 7) is 16.2. The van der Waals surface area contributed by atoms with Gasteiger partial charge in [-0.05, 0) is 88.8 Å². The van der Waals surface area contributed by atoms with Gasteiger partial charge in [0.25, 0.3) is 5.91 Å². The van der Waals surface area contributed by atoms with Gasteiger partial charge in [0.05, 0.1) is 10.7 Å². The number of rotatable bonds is 9. The molecule has 2 aromatic carbocycles. The minimum Gasteiger partial charge on any atom is -0.508 e. The van der Waals surface area contributed by atoms with Gasteiger partial charge in [-0.3, -0.25) is 9.59 Å². The standard InChI is InChI=1S/C30H42ClN3O5/c1-10-20(6)34(28(37)24(17(2)3)33-29(38)39-30(7,8)9)26(21-14-15-23(35)19(5)16-21)27(36)32-25-18(4)12-11-13-22(25)31/h11-17,20,24,26,35H,10H2,1-9H3,(H,32,36)(H,33,38). The van der Waals surface area contributed by atoms with E-state index in [1.165, 1.54) is 11.0 Å². The molecule has 0 aromatic heterocycles. The third-order valence-corrected chi connectivity index (χ3v) is 6.77. The molecule has 0 radical (unpaired) electrons. The summed E-state index contributed by atoms with van der Waals surface area (Å²) in [5.74, 6) is -1.11. The van der Waals surface area contributed by atoms with E-state index in [2.05, 4.69) is 10.6 Å². The second-order valence-electron chi connectivity index (χ2n) is 11.2. The molecule has 0 aliphatic rings. The highest BCUT2D eigenvalue weighted by atomic mass is 35.5. The van der Waals surface area contributed by atoms with Gasteiger partial charge in [0.2, 0.25) is 5.91 Å². The minimum absolute atomic E-state index is 0.0768. The Balaban J connectivity index is 2.64. The Morgan fingerprint density at radius 1 is 1.05 bits per heavy atom. The van der Waals surface area contributed by atoms with Crippen LogP contribution in [0.4, 0.5) is 10.5 Å². The molecule has 8 nitrogen and oxygen atoms in total. The zero-order valence-corrected chi connectivity index (χ0v) is 25.1. The first-order valence-electron chi connectivity index (χ1n) is 13.2. The summed E-state index contributed by atoms with van der Waals surface area (Å²) >= 11 is 6.41. The summed E-state index contributed by atoms with van der Waals surface area (Å²) < 4.78 is 5.42. The molecule has 0 fully saturated rings. The molecule has 3 amide bonds. The van der Waals surface area contributed by atoms with Crippen molar-refractivity contribution in [3.63, 3.8) is 0 Å². The Morgan fingerprint density at radius 2 is 1.69 bits per heavy atom. The number of aryl methyl sites for hydroxylation is 2. The third-order valence-electron chi connectivity index (χ3n) is 6.46. The van der Waals surface area contributed by atoms with E-state index in [1.54, 1.807) is 52.0 Å². The summed E-state index contributed by atoms with van der Waals surface area (Å²) in [4.78, 5) is 42.5. The van der Waals surface area contributed by atoms with Gasteiger partial charge < -0.3 is 25.4 Å². The van der Waals surface area contributed by atoms with Gasteiger partial charge in [-0.15, -0.1) is 0 Å². The molecule has 0 saturated heterocycles. The number of hydrogen-bond acceptors (Lipinski definition) is 5. The molecule has 0 aliphatic carbocycles. The number of halogens is 1. The minimum atomic E-state index is -1.08. The van der Waals surface area contributed by atoms with Crippen molar-refractivity contribution in [1.82, 2.24) is 10.2 Å². The predicted octanol–water partition coefficient (Wildman–Crippen LogP) is 6.52. The Bertz CT molecular complexity index is 1170. The highest BCUT2D eigenvalue weighted by Crippen LogP contribution is 2.33. The lowest BCUT2D eigenvalue weighted by Gasteiger charge is -2.39. The second kappa shape index (κ2) is 13.2. The quantitative estimate of drug-likeness (QED) is 0.324. The van der Waals surface area contributed by atoms with Crippen LogP contribution in [0.3, 0.4) is 0 Å². The topological polar surface area (TPSA) is 108 Å². The van der Waals surface area contributed by atoms with Crippen molar-refractivity contribution < 1.29 is 24.2 Å². The highest BCUT2D eigenvalue weighted by molar-refractivity contribution is 6.34. The lowest BCUT2D eigenvalue weighted by atomic mass is 9.95. The SMILES string of the molecule is CCC(C)N(C(=O)C(NC(=O)OC(C)(C)C)C(C)C)C(C(=O)Nc1c(C)cccc1Cl)c1ccc(O)c(C)c1. The summed E-state index contributed by atoms with van der Waals surface area (Å²) in [5, 5.41) is 16.2. The number of para-hydroxylation sites is 1. The van der Waals surface area contributed by atoms with Crippen LogP contribution < -0.4 is 10.6 Å². The molecule has 2 aromatic rings. The summed E-state index contributed by atoms with van der Waals surface area (Å²) in [5.41, 5.74) is 1.55. The van der Waals surface area contributed by atoms with Crippen LogP contribution in [0.25, 0.3) is 0 Å². The number of benzene rings is 2. The molecule has 9 heteroatoms. The van der Waals surface area contributed by atoms with Crippen molar-refractivity contribution in [2.24, 2.45) is 5.92 Å². The first-order chi connectivity index (χ1) is 18.1. The number of carbonyl (C=O) groups is 3. The van der Waals surface area contributed by atoms with Gasteiger partial charge in [-0.2, -0.15) is 0 Å². The average Bonchev–Trinajstić information content (AvgIpc) is 2.83. The molecular weight excluding hydrogens is 518 g/mol. The molecule has 39 heavy (non-hydrogen) atoms. The number of ether oxygens (including phenoxy) is 1. The van der Waals surface area contributed by atoms with E-state index in [1.807, 2.05) is 40.7 Å². The van der Waals surface area contributed by atoms with Crippen molar-refractivity contribution in [3.8, 4) is 5.75 Å². The molecule has 0 spiro atoms. The van der Waals surface area contributed by atoms with E-state index in [0.717, 1.165) is 5.56 Å². The smallest absolute Gasteiger partial charge is 0.408 e. The van der Waals surface area contributed by atoms with E-state index in [9.17, 15) is 19.5 Å². The zero-order valence-electron chi connectivity index (χ0n) is 24.4. The number of nitrogens with zero attached hydrogens (tertiary/aromatic N) is 1. The summed E-state index contributed by atoms with van der Waals surface area (Å²) in [6.07, 6.45) is -0.165. The number of alkyl carbamates (subject to hydrolysis) is 1. The maximum Gasteiger partial charge on any atom is 0.408 e. The molecule has 214 valence electrons. The number of aromatic hydroxyl groups is 1. The lowest BCUT2D eigenvalue weighted by Crippen LogP contribution is -2.56. The Kier molecular flexibility index (Phi) is 10.8. The van der Waals surface area contributed by atoms with Gasteiger partial charge >= 0.3 is 6.09 Å². The van der Waals surface area contributed by atoms with Crippen LogP contribution in [-0.2, 0) is 14.3 Å². The van der Waals surface area contributed by atoms with Crippen molar-refractivity contribution in [2.45, 2.75) is 92.5 Å². The van der Waals surface area contributed by atoms with Crippen molar-refractivity contribution in [3.05, 3.63) is 58.1 Å². The fourth-order valence-electron chi connectivity index (χ4n) is 4.17. The van der Waals surface area contributed by atoms with Crippen LogP contribution in [-0.4, -0.2) is 45.6 Å². The van der Waals surface area contributed by atoms with Gasteiger partial charge in [-0.25, -0.2) is 4.79 Å². The number of phenols is 1. The fourth-order valence-corrected chi connectivity index (χ4v) is 4.44. The Morgan fingerprint density at radius 3 is 2.21 bits per heavy atom. The largest absolute Gasteiger partial charge is 0.508 e. The lowest BCUT2D eigenvalue weighted by molar-refractivity contribution is -0.144. The van der Waals surface area contributed by atoms with Gasteiger partial charge in [-0.1, -0.05) is 50.6 Å². The van der Waals surface area contributed by atoms with Gasteiger partial charge in [0.15, 0.2) is 0 Å². The number of hydrogen-bond donors (Lipinski definition) is 3. The number of nitrogens with one attached hydrogen (secondary N) is 2. The maximum absolute atomic E-state index is 14.2. The molecule has 0 heterocycles. The first-order valence-corrected chi connectivity index (χ1v) is 13.6. The number of phenolic OH excluding ortho intramolecular Hbond substituents is 1. The molecule has 0 bridgehead atoms. The fraction of sp³-hybridized carbons (Fsp3) is 0.500. The zero-order chi connectivity index (χ0) is 29.7. The van der Waals surface area contributed by atoms with E-state index in [-0.39, 0.29) is 17.7 Å². The molecule has 0 aliphatic heterocycles. The third kappa shape index (κ3) is 8.36. The van der Waals surface area contributed by atoms with Crippen LogP contribution in [0, 0.1) is 19.8 Å². The van der Waals surface area contributed by atoms with Crippen LogP contribution in [0.2, 0.25) is 5.02 Å². The summed E-state index contributed by atoms with van der Waals surface area (Å²) in [6, 6.07) is 7.71. The number of carbonyl (C=O) groups excluding carboxylic acids is 3. The van der Waals surface area contributed by atoms with Crippen LogP contribution in [0.1, 0.15) is 77.6 Å². The normalized spacial score (nSPS) is 13.8. The Labute approximate surface area is 237 Å². The van der Waals surface area contributed by atoms with E-state index < -0.39 is 35.6 Å². The maximum atomic E-state index is 14.2. The highest BCUT2D eigenvalue weighted by Gasteiger charge is 2.40. The molecular formula is C30H42ClN3O5. The molecule has 0 saturated carbocycles. The second-order valence-corrected chi connectivity index (χ2v) is 11.6. The summed E-state index contributed by atoms with van der Waals surface area (Å²) in [7, 11) is 0.